The molecule has 0 aromatic heterocycles. The molecule has 0 fully saturated rings. The lowest BCUT2D eigenvalue weighted by molar-refractivity contribution is -0.112. The maximum atomic E-state index is 13.3. The van der Waals surface area contributed by atoms with Crippen molar-refractivity contribution in [1.82, 2.24) is 0 Å². The molecule has 1 aliphatic rings. The van der Waals surface area contributed by atoms with Gasteiger partial charge in [-0.05, 0) is 49.4 Å². The van der Waals surface area contributed by atoms with Crippen molar-refractivity contribution in [2.45, 2.75) is 6.92 Å². The molecule has 2 N–H and O–H groups in total. The van der Waals surface area contributed by atoms with Crippen LogP contribution in [0.4, 0.5) is 11.4 Å². The van der Waals surface area contributed by atoms with Gasteiger partial charge in [-0.1, -0.05) is 47.5 Å². The molecule has 0 unspecified atom stereocenters. The third kappa shape index (κ3) is 4.62. The van der Waals surface area contributed by atoms with Gasteiger partial charge in [0.15, 0.2) is 0 Å². The summed E-state index contributed by atoms with van der Waals surface area (Å²) >= 11 is 12.3. The number of aliphatic hydroxyl groups is 1. The van der Waals surface area contributed by atoms with Gasteiger partial charge in [0.05, 0.1) is 17.3 Å². The number of halogens is 2. The first-order chi connectivity index (χ1) is 15.9. The Bertz CT molecular complexity index is 1310. The second-order valence-electron chi connectivity index (χ2n) is 7.07. The molecule has 0 saturated heterocycles. The fraction of sp³-hybridized carbons (Fsp3) is 0.0800. The van der Waals surface area contributed by atoms with E-state index in [2.05, 4.69) is 10.3 Å². The summed E-state index contributed by atoms with van der Waals surface area (Å²) in [5, 5.41) is 14.3. The number of ketones is 1. The summed E-state index contributed by atoms with van der Waals surface area (Å²) < 4.78 is 5.41. The van der Waals surface area contributed by atoms with Gasteiger partial charge in [-0.25, -0.2) is 4.99 Å². The molecule has 0 aliphatic heterocycles. The number of aliphatic imine (C=N–C) groups is 1. The van der Waals surface area contributed by atoms with E-state index in [-0.39, 0.29) is 38.9 Å². The molecule has 166 valence electrons. The van der Waals surface area contributed by atoms with E-state index in [0.29, 0.717) is 23.1 Å². The number of anilines is 1. The van der Waals surface area contributed by atoms with Gasteiger partial charge in [-0.3, -0.25) is 9.59 Å². The van der Waals surface area contributed by atoms with Crippen LogP contribution in [0.15, 0.2) is 77.3 Å². The van der Waals surface area contributed by atoms with Crippen LogP contribution in [0.2, 0.25) is 10.0 Å². The normalized spacial score (nSPS) is 14.3. The number of fused-ring (bicyclic) bond motifs is 1. The smallest absolute Gasteiger partial charge is 0.261 e. The van der Waals surface area contributed by atoms with E-state index in [1.807, 2.05) is 6.92 Å². The molecule has 3 aromatic rings. The molecule has 0 radical (unpaired) electrons. The number of Topliss-reactive ketones (excluding diaryl/α,β-unsaturated/α-hetero) is 1. The Hall–Kier alpha value is -3.61. The molecule has 0 saturated carbocycles. The minimum Gasteiger partial charge on any atom is -0.506 e. The number of carbonyl (C=O) groups is 2. The van der Waals surface area contributed by atoms with Crippen molar-refractivity contribution < 1.29 is 19.4 Å². The first-order valence-corrected chi connectivity index (χ1v) is 10.8. The van der Waals surface area contributed by atoms with Gasteiger partial charge in [-0.2, -0.15) is 0 Å². The van der Waals surface area contributed by atoms with Gasteiger partial charge in [0, 0.05) is 21.8 Å². The Kier molecular flexibility index (Phi) is 6.49. The Morgan fingerprint density at radius 1 is 1.03 bits per heavy atom. The monoisotopic (exact) mass is 480 g/mol. The molecule has 1 amide bonds. The summed E-state index contributed by atoms with van der Waals surface area (Å²) in [6.07, 6.45) is 0. The highest BCUT2D eigenvalue weighted by Crippen LogP contribution is 2.33. The Labute approximate surface area is 200 Å². The number of nitrogens with one attached hydrogen (secondary N) is 1. The quantitative estimate of drug-likeness (QED) is 0.450. The zero-order valence-corrected chi connectivity index (χ0v) is 18.9. The van der Waals surface area contributed by atoms with Gasteiger partial charge in [0.2, 0.25) is 5.78 Å². The molecule has 0 spiro atoms. The largest absolute Gasteiger partial charge is 0.506 e. The molecule has 1 aliphatic carbocycles. The van der Waals surface area contributed by atoms with Crippen LogP contribution in [0.25, 0.3) is 5.76 Å². The van der Waals surface area contributed by atoms with Gasteiger partial charge < -0.3 is 15.2 Å². The molecular weight excluding hydrogens is 463 g/mol. The number of hydrogen-bond acceptors (Lipinski definition) is 5. The van der Waals surface area contributed by atoms with Crippen molar-refractivity contribution in [3.8, 4) is 5.75 Å². The number of ether oxygens (including phenoxy) is 1. The van der Waals surface area contributed by atoms with Crippen molar-refractivity contribution in [3.63, 3.8) is 0 Å². The fourth-order valence-electron chi connectivity index (χ4n) is 3.38. The summed E-state index contributed by atoms with van der Waals surface area (Å²) in [5.41, 5.74) is 0.628. The number of amides is 1. The molecule has 3 aromatic carbocycles. The first kappa shape index (κ1) is 22.6. The van der Waals surface area contributed by atoms with Crippen LogP contribution in [0, 0.1) is 0 Å². The van der Waals surface area contributed by atoms with Crippen molar-refractivity contribution >= 4 is 57.7 Å². The van der Waals surface area contributed by atoms with E-state index < -0.39 is 11.7 Å². The highest BCUT2D eigenvalue weighted by Gasteiger charge is 2.35. The van der Waals surface area contributed by atoms with E-state index in [0.717, 1.165) is 0 Å². The summed E-state index contributed by atoms with van der Waals surface area (Å²) in [5.74, 6) is -0.921. The number of hydrogen-bond donors (Lipinski definition) is 2. The highest BCUT2D eigenvalue weighted by atomic mass is 35.5. The molecule has 0 atom stereocenters. The van der Waals surface area contributed by atoms with Crippen LogP contribution in [0.3, 0.4) is 0 Å². The van der Waals surface area contributed by atoms with Crippen LogP contribution in [-0.2, 0) is 4.79 Å². The molecule has 4 rings (SSSR count). The second kappa shape index (κ2) is 9.48. The van der Waals surface area contributed by atoms with Gasteiger partial charge in [-0.15, -0.1) is 0 Å². The SMILES string of the molecule is CCOc1ccc(NC(=O)C2=C(O)c3ccccc3C(=O)C2=Nc2cc(Cl)ccc2Cl)cc1. The lowest BCUT2D eigenvalue weighted by Gasteiger charge is -2.20. The number of carbonyl (C=O) groups excluding carboxylic acids is 2. The average molecular weight is 481 g/mol. The maximum absolute atomic E-state index is 13.3. The predicted octanol–water partition coefficient (Wildman–Crippen LogP) is 6.27. The standard InChI is InChI=1S/C25H18Cl2N2O4/c1-2-33-16-10-8-15(9-11-16)28-25(32)21-22(29-20-13-14(26)7-12-19(20)27)24(31)18-6-4-3-5-17(18)23(21)30/h3-13,30H,2H2,1H3,(H,28,32). The van der Waals surface area contributed by atoms with Crippen LogP contribution >= 0.6 is 23.2 Å². The van der Waals surface area contributed by atoms with Crippen molar-refractivity contribution in [3.05, 3.63) is 93.5 Å². The van der Waals surface area contributed by atoms with Gasteiger partial charge >= 0.3 is 0 Å². The molecule has 33 heavy (non-hydrogen) atoms. The van der Waals surface area contributed by atoms with E-state index >= 15 is 0 Å². The van der Waals surface area contributed by atoms with E-state index in [4.69, 9.17) is 27.9 Å². The Morgan fingerprint density at radius 2 is 1.73 bits per heavy atom. The van der Waals surface area contributed by atoms with Gasteiger partial charge in [0.1, 0.15) is 22.8 Å². The molecule has 0 bridgehead atoms. The molecular formula is C25H18Cl2N2O4. The Balaban J connectivity index is 1.80. The summed E-state index contributed by atoms with van der Waals surface area (Å²) in [4.78, 5) is 30.9. The topological polar surface area (TPSA) is 88.0 Å². The maximum Gasteiger partial charge on any atom is 0.261 e. The average Bonchev–Trinajstić information content (AvgIpc) is 2.81. The van der Waals surface area contributed by atoms with Crippen LogP contribution in [0.5, 0.6) is 5.75 Å². The first-order valence-electron chi connectivity index (χ1n) is 10.0. The zero-order chi connectivity index (χ0) is 23.5. The third-order valence-corrected chi connectivity index (χ3v) is 5.46. The van der Waals surface area contributed by atoms with Crippen LogP contribution in [-0.4, -0.2) is 29.1 Å². The molecule has 6 nitrogen and oxygen atoms in total. The summed E-state index contributed by atoms with van der Waals surface area (Å²) in [7, 11) is 0. The highest BCUT2D eigenvalue weighted by molar-refractivity contribution is 6.60. The summed E-state index contributed by atoms with van der Waals surface area (Å²) in [6.45, 7) is 2.38. The second-order valence-corrected chi connectivity index (χ2v) is 7.91. The predicted molar refractivity (Wildman–Crippen MR) is 130 cm³/mol. The van der Waals surface area contributed by atoms with Crippen LogP contribution in [0.1, 0.15) is 22.8 Å². The summed E-state index contributed by atoms with van der Waals surface area (Å²) in [6, 6.07) is 17.8. The van der Waals surface area contributed by atoms with Crippen molar-refractivity contribution in [2.24, 2.45) is 4.99 Å². The number of benzene rings is 3. The minimum atomic E-state index is -0.698. The zero-order valence-electron chi connectivity index (χ0n) is 17.4. The third-order valence-electron chi connectivity index (χ3n) is 4.91. The minimum absolute atomic E-state index is 0.200. The van der Waals surface area contributed by atoms with Crippen molar-refractivity contribution in [1.29, 1.82) is 0 Å². The van der Waals surface area contributed by atoms with E-state index in [9.17, 15) is 14.7 Å². The van der Waals surface area contributed by atoms with E-state index in [1.54, 1.807) is 54.6 Å². The number of rotatable bonds is 5. The lowest BCUT2D eigenvalue weighted by atomic mass is 9.87. The van der Waals surface area contributed by atoms with Gasteiger partial charge in [0.25, 0.3) is 5.91 Å². The van der Waals surface area contributed by atoms with Crippen LogP contribution < -0.4 is 10.1 Å². The number of aliphatic hydroxyl groups excluding tert-OH is 1. The number of nitrogens with zero attached hydrogens (tertiary/aromatic N) is 1. The lowest BCUT2D eigenvalue weighted by Crippen LogP contribution is -2.31. The molecule has 0 heterocycles. The van der Waals surface area contributed by atoms with Crippen molar-refractivity contribution in [2.75, 3.05) is 11.9 Å². The Morgan fingerprint density at radius 3 is 2.42 bits per heavy atom. The molecule has 8 heteroatoms. The fourth-order valence-corrected chi connectivity index (χ4v) is 3.71. The van der Waals surface area contributed by atoms with E-state index in [1.165, 1.54) is 12.1 Å².